The Morgan fingerprint density at radius 3 is 2.71 bits per heavy atom. The molecule has 0 saturated carbocycles. The lowest BCUT2D eigenvalue weighted by Gasteiger charge is -2.16. The predicted octanol–water partition coefficient (Wildman–Crippen LogP) is 6.67. The fourth-order valence-corrected chi connectivity index (χ4v) is 4.11. The Balaban J connectivity index is 2.24. The van der Waals surface area contributed by atoms with E-state index in [4.69, 9.17) is 11.6 Å². The Morgan fingerprint density at radius 2 is 2.00 bits per heavy atom. The zero-order valence-corrected chi connectivity index (χ0v) is 15.6. The minimum absolute atomic E-state index is 0.458. The lowest BCUT2D eigenvalue weighted by Crippen LogP contribution is -2.21. The van der Waals surface area contributed by atoms with Gasteiger partial charge in [0.15, 0.2) is 0 Å². The van der Waals surface area contributed by atoms with E-state index in [1.54, 1.807) is 0 Å². The van der Waals surface area contributed by atoms with E-state index in [2.05, 4.69) is 53.3 Å². The van der Waals surface area contributed by atoms with Crippen LogP contribution >= 0.6 is 38.9 Å². The average Bonchev–Trinajstić information content (AvgIpc) is 2.95. The van der Waals surface area contributed by atoms with Crippen molar-refractivity contribution in [1.82, 2.24) is 5.32 Å². The maximum Gasteiger partial charge on any atom is 0.0493 e. The van der Waals surface area contributed by atoms with E-state index in [0.29, 0.717) is 6.04 Å². The molecule has 1 N–H and O–H groups in total. The fourth-order valence-electron chi connectivity index (χ4n) is 2.32. The standard InChI is InChI=1S/C17H21BrClNS/c1-3-5-15(20-10-4-2)17-9-8-16(21-17)13-11-12(18)6-7-14(13)19/h6-9,11,15,20H,3-5,10H2,1-2H3. The summed E-state index contributed by atoms with van der Waals surface area (Å²) in [4.78, 5) is 2.63. The van der Waals surface area contributed by atoms with Gasteiger partial charge < -0.3 is 5.32 Å². The van der Waals surface area contributed by atoms with Crippen molar-refractivity contribution in [3.63, 3.8) is 0 Å². The zero-order valence-electron chi connectivity index (χ0n) is 12.5. The van der Waals surface area contributed by atoms with Crippen molar-refractivity contribution >= 4 is 38.9 Å². The molecule has 1 aromatic heterocycles. The van der Waals surface area contributed by atoms with E-state index in [-0.39, 0.29) is 0 Å². The lowest BCUT2D eigenvalue weighted by molar-refractivity contribution is 0.501. The predicted molar refractivity (Wildman–Crippen MR) is 98.4 cm³/mol. The molecule has 0 fully saturated rings. The van der Waals surface area contributed by atoms with Crippen molar-refractivity contribution in [1.29, 1.82) is 0 Å². The Kier molecular flexibility index (Phi) is 6.74. The van der Waals surface area contributed by atoms with Crippen molar-refractivity contribution in [2.24, 2.45) is 0 Å². The molecule has 1 atom stereocenters. The van der Waals surface area contributed by atoms with Gasteiger partial charge in [0.2, 0.25) is 0 Å². The van der Waals surface area contributed by atoms with Crippen LogP contribution < -0.4 is 5.32 Å². The maximum absolute atomic E-state index is 6.33. The van der Waals surface area contributed by atoms with Gasteiger partial charge in [-0.25, -0.2) is 0 Å². The smallest absolute Gasteiger partial charge is 0.0493 e. The van der Waals surface area contributed by atoms with Crippen molar-refractivity contribution in [2.75, 3.05) is 6.54 Å². The summed E-state index contributed by atoms with van der Waals surface area (Å²) in [7, 11) is 0. The molecule has 2 rings (SSSR count). The largest absolute Gasteiger partial charge is 0.309 e. The molecule has 1 heterocycles. The molecule has 1 unspecified atom stereocenters. The van der Waals surface area contributed by atoms with Gasteiger partial charge in [0.1, 0.15) is 0 Å². The number of halogens is 2. The molecular formula is C17H21BrClNS. The Morgan fingerprint density at radius 1 is 1.19 bits per heavy atom. The summed E-state index contributed by atoms with van der Waals surface area (Å²) >= 11 is 11.7. The molecule has 114 valence electrons. The number of nitrogens with one attached hydrogen (secondary N) is 1. The molecule has 0 aliphatic rings. The third-order valence-electron chi connectivity index (χ3n) is 3.38. The Labute approximate surface area is 144 Å². The van der Waals surface area contributed by atoms with E-state index in [9.17, 15) is 0 Å². The number of rotatable bonds is 7. The molecule has 0 amide bonds. The summed E-state index contributed by atoms with van der Waals surface area (Å²) < 4.78 is 1.06. The molecule has 0 radical (unpaired) electrons. The summed E-state index contributed by atoms with van der Waals surface area (Å²) in [6.45, 7) is 5.51. The molecule has 1 aromatic carbocycles. The van der Waals surface area contributed by atoms with Crippen molar-refractivity contribution in [2.45, 2.75) is 39.2 Å². The van der Waals surface area contributed by atoms with Crippen LogP contribution in [0.3, 0.4) is 0 Å². The topological polar surface area (TPSA) is 12.0 Å². The quantitative estimate of drug-likeness (QED) is 0.560. The van der Waals surface area contributed by atoms with E-state index in [0.717, 1.165) is 28.0 Å². The van der Waals surface area contributed by atoms with Crippen LogP contribution in [0.15, 0.2) is 34.8 Å². The molecule has 2 aromatic rings. The second-order valence-corrected chi connectivity index (χ2v) is 7.56. The van der Waals surface area contributed by atoms with Crippen molar-refractivity contribution in [3.8, 4) is 10.4 Å². The van der Waals surface area contributed by atoms with Gasteiger partial charge in [-0.05, 0) is 49.7 Å². The van der Waals surface area contributed by atoms with Crippen LogP contribution in [0.25, 0.3) is 10.4 Å². The molecular weight excluding hydrogens is 366 g/mol. The van der Waals surface area contributed by atoms with Gasteiger partial charge in [-0.15, -0.1) is 11.3 Å². The molecule has 1 nitrogen and oxygen atoms in total. The first-order valence-corrected chi connectivity index (χ1v) is 9.43. The average molecular weight is 387 g/mol. The third kappa shape index (κ3) is 4.56. The fraction of sp³-hybridized carbons (Fsp3) is 0.412. The van der Waals surface area contributed by atoms with Gasteiger partial charge in [-0.1, -0.05) is 47.8 Å². The van der Waals surface area contributed by atoms with Crippen LogP contribution in [-0.2, 0) is 0 Å². The molecule has 0 aliphatic carbocycles. The van der Waals surface area contributed by atoms with Crippen LogP contribution in [-0.4, -0.2) is 6.54 Å². The van der Waals surface area contributed by atoms with Gasteiger partial charge in [-0.2, -0.15) is 0 Å². The minimum atomic E-state index is 0.458. The number of hydrogen-bond donors (Lipinski definition) is 1. The molecule has 0 bridgehead atoms. The van der Waals surface area contributed by atoms with Gasteiger partial charge in [0.05, 0.1) is 0 Å². The highest BCUT2D eigenvalue weighted by atomic mass is 79.9. The molecule has 0 saturated heterocycles. The number of thiophene rings is 1. The van der Waals surface area contributed by atoms with Crippen LogP contribution in [0, 0.1) is 0 Å². The summed E-state index contributed by atoms with van der Waals surface area (Å²) in [5, 5.41) is 4.45. The highest BCUT2D eigenvalue weighted by molar-refractivity contribution is 9.10. The number of hydrogen-bond acceptors (Lipinski definition) is 2. The SMILES string of the molecule is CCCNC(CCC)c1ccc(-c2cc(Br)ccc2Cl)s1. The van der Waals surface area contributed by atoms with Crippen LogP contribution in [0.4, 0.5) is 0 Å². The highest BCUT2D eigenvalue weighted by Crippen LogP contribution is 2.37. The van der Waals surface area contributed by atoms with Gasteiger partial charge in [-0.3, -0.25) is 0 Å². The third-order valence-corrected chi connectivity index (χ3v) is 5.44. The van der Waals surface area contributed by atoms with Crippen molar-refractivity contribution in [3.05, 3.63) is 44.7 Å². The maximum atomic E-state index is 6.33. The first-order chi connectivity index (χ1) is 10.2. The lowest BCUT2D eigenvalue weighted by atomic mass is 10.1. The van der Waals surface area contributed by atoms with Crippen LogP contribution in [0.5, 0.6) is 0 Å². The van der Waals surface area contributed by atoms with E-state index < -0.39 is 0 Å². The van der Waals surface area contributed by atoms with Crippen LogP contribution in [0.1, 0.15) is 44.0 Å². The highest BCUT2D eigenvalue weighted by Gasteiger charge is 2.14. The zero-order chi connectivity index (χ0) is 15.2. The second-order valence-electron chi connectivity index (χ2n) is 5.12. The Hall–Kier alpha value is -0.350. The molecule has 0 aliphatic heterocycles. The first kappa shape index (κ1) is 17.0. The summed E-state index contributed by atoms with van der Waals surface area (Å²) in [6.07, 6.45) is 3.52. The monoisotopic (exact) mass is 385 g/mol. The first-order valence-electron chi connectivity index (χ1n) is 7.44. The molecule has 0 spiro atoms. The summed E-state index contributed by atoms with van der Waals surface area (Å²) in [5.41, 5.74) is 1.10. The molecule has 4 heteroatoms. The van der Waals surface area contributed by atoms with E-state index in [1.807, 2.05) is 23.5 Å². The molecule has 21 heavy (non-hydrogen) atoms. The van der Waals surface area contributed by atoms with Gasteiger partial charge in [0, 0.05) is 30.9 Å². The van der Waals surface area contributed by atoms with Crippen LogP contribution in [0.2, 0.25) is 5.02 Å². The van der Waals surface area contributed by atoms with Crippen molar-refractivity contribution < 1.29 is 0 Å². The van der Waals surface area contributed by atoms with Gasteiger partial charge in [0.25, 0.3) is 0 Å². The second kappa shape index (κ2) is 8.33. The van der Waals surface area contributed by atoms with E-state index >= 15 is 0 Å². The van der Waals surface area contributed by atoms with Gasteiger partial charge >= 0.3 is 0 Å². The normalized spacial score (nSPS) is 12.6. The summed E-state index contributed by atoms with van der Waals surface area (Å²) in [6, 6.07) is 10.9. The van der Waals surface area contributed by atoms with E-state index in [1.165, 1.54) is 22.6 Å². The number of benzene rings is 1. The summed E-state index contributed by atoms with van der Waals surface area (Å²) in [5.74, 6) is 0. The Bertz CT molecular complexity index is 582. The minimum Gasteiger partial charge on any atom is -0.309 e.